The van der Waals surface area contributed by atoms with Crippen LogP contribution in [0, 0.1) is 12.8 Å². The van der Waals surface area contributed by atoms with Crippen LogP contribution >= 0.6 is 27.5 Å². The van der Waals surface area contributed by atoms with Gasteiger partial charge >= 0.3 is 0 Å². The zero-order chi connectivity index (χ0) is 13.1. The van der Waals surface area contributed by atoms with Gasteiger partial charge in [0, 0.05) is 7.11 Å². The lowest BCUT2D eigenvalue weighted by atomic mass is 9.85. The van der Waals surface area contributed by atoms with Gasteiger partial charge in [-0.05, 0) is 41.6 Å². The Bertz CT molecular complexity index is 398. The van der Waals surface area contributed by atoms with E-state index in [2.05, 4.69) is 25.9 Å². The van der Waals surface area contributed by atoms with Crippen molar-refractivity contribution in [3.8, 4) is 0 Å². The van der Waals surface area contributed by atoms with E-state index in [0.717, 1.165) is 16.0 Å². The van der Waals surface area contributed by atoms with Crippen molar-refractivity contribution < 1.29 is 4.74 Å². The highest BCUT2D eigenvalue weighted by molar-refractivity contribution is 9.10. The van der Waals surface area contributed by atoms with Crippen LogP contribution in [0.1, 0.15) is 49.7 Å². The largest absolute Gasteiger partial charge is 0.373 e. The van der Waals surface area contributed by atoms with Crippen LogP contribution in [0.25, 0.3) is 0 Å². The molecule has 1 fully saturated rings. The predicted octanol–water partition coefficient (Wildman–Crippen LogP) is 4.47. The monoisotopic (exact) mass is 332 g/mol. The van der Waals surface area contributed by atoms with Crippen molar-refractivity contribution >= 4 is 27.5 Å². The second-order valence-electron chi connectivity index (χ2n) is 4.83. The van der Waals surface area contributed by atoms with Crippen LogP contribution in [0.3, 0.4) is 0 Å². The van der Waals surface area contributed by atoms with Gasteiger partial charge in [-0.3, -0.25) is 0 Å². The van der Waals surface area contributed by atoms with E-state index < -0.39 is 0 Å². The van der Waals surface area contributed by atoms with E-state index in [4.69, 9.17) is 16.3 Å². The van der Waals surface area contributed by atoms with E-state index in [1.54, 1.807) is 7.11 Å². The summed E-state index contributed by atoms with van der Waals surface area (Å²) in [5, 5.41) is 0.468. The van der Waals surface area contributed by atoms with Gasteiger partial charge in [0.25, 0.3) is 0 Å². The van der Waals surface area contributed by atoms with Crippen LogP contribution in [-0.4, -0.2) is 17.1 Å². The standard InChI is InChI=1S/C13H18BrClN2O/c1-8-10(14)12(15)17-13(16-8)11(18-2)9-6-4-3-5-7-9/h9,11H,3-7H2,1-2H3. The second kappa shape index (κ2) is 6.31. The van der Waals surface area contributed by atoms with Gasteiger partial charge in [-0.25, -0.2) is 9.97 Å². The van der Waals surface area contributed by atoms with Gasteiger partial charge in [0.05, 0.1) is 10.2 Å². The normalized spacial score (nSPS) is 18.9. The molecule has 18 heavy (non-hydrogen) atoms. The first kappa shape index (κ1) is 14.2. The molecule has 0 bridgehead atoms. The average molecular weight is 334 g/mol. The van der Waals surface area contributed by atoms with Gasteiger partial charge in [0.15, 0.2) is 5.82 Å². The molecular formula is C13H18BrClN2O. The molecule has 3 nitrogen and oxygen atoms in total. The SMILES string of the molecule is COC(c1nc(C)c(Br)c(Cl)n1)C1CCCCC1. The number of aromatic nitrogens is 2. The third kappa shape index (κ3) is 3.03. The molecule has 100 valence electrons. The lowest BCUT2D eigenvalue weighted by molar-refractivity contribution is 0.0288. The Morgan fingerprint density at radius 1 is 1.28 bits per heavy atom. The molecule has 1 heterocycles. The molecule has 2 rings (SSSR count). The molecule has 0 spiro atoms. The summed E-state index contributed by atoms with van der Waals surface area (Å²) in [7, 11) is 1.73. The average Bonchev–Trinajstić information content (AvgIpc) is 2.38. The molecular weight excluding hydrogens is 316 g/mol. The van der Waals surface area contributed by atoms with Crippen molar-refractivity contribution in [3.63, 3.8) is 0 Å². The molecule has 1 aromatic heterocycles. The summed E-state index contributed by atoms with van der Waals surface area (Å²) < 4.78 is 6.40. The first-order chi connectivity index (χ1) is 8.63. The van der Waals surface area contributed by atoms with Crippen LogP contribution in [0.4, 0.5) is 0 Å². The maximum Gasteiger partial charge on any atom is 0.159 e. The van der Waals surface area contributed by atoms with Crippen molar-refractivity contribution in [2.45, 2.75) is 45.1 Å². The highest BCUT2D eigenvalue weighted by atomic mass is 79.9. The number of hydrogen-bond acceptors (Lipinski definition) is 3. The quantitative estimate of drug-likeness (QED) is 0.766. The number of hydrogen-bond donors (Lipinski definition) is 0. The molecule has 0 saturated heterocycles. The van der Waals surface area contributed by atoms with E-state index >= 15 is 0 Å². The third-order valence-electron chi connectivity index (χ3n) is 3.58. The summed E-state index contributed by atoms with van der Waals surface area (Å²) in [6, 6.07) is 0. The Hall–Kier alpha value is -0.190. The van der Waals surface area contributed by atoms with Gasteiger partial charge in [-0.1, -0.05) is 30.9 Å². The zero-order valence-corrected chi connectivity index (χ0v) is 13.1. The Morgan fingerprint density at radius 3 is 2.50 bits per heavy atom. The minimum absolute atomic E-state index is 0.0328. The van der Waals surface area contributed by atoms with Crippen molar-refractivity contribution in [2.24, 2.45) is 5.92 Å². The van der Waals surface area contributed by atoms with E-state index in [-0.39, 0.29) is 6.10 Å². The van der Waals surface area contributed by atoms with E-state index in [9.17, 15) is 0 Å². The second-order valence-corrected chi connectivity index (χ2v) is 5.98. The molecule has 0 aromatic carbocycles. The summed E-state index contributed by atoms with van der Waals surface area (Å²) in [6.07, 6.45) is 6.22. The van der Waals surface area contributed by atoms with Crippen LogP contribution in [0.2, 0.25) is 5.15 Å². The fraction of sp³-hybridized carbons (Fsp3) is 0.692. The van der Waals surface area contributed by atoms with Gasteiger partial charge in [-0.15, -0.1) is 0 Å². The summed E-state index contributed by atoms with van der Waals surface area (Å²) in [6.45, 7) is 1.93. The van der Waals surface area contributed by atoms with Gasteiger partial charge in [-0.2, -0.15) is 0 Å². The Morgan fingerprint density at radius 2 is 1.94 bits per heavy atom. The molecule has 1 aromatic rings. The fourth-order valence-electron chi connectivity index (χ4n) is 2.62. The summed E-state index contributed by atoms with van der Waals surface area (Å²) in [4.78, 5) is 8.87. The molecule has 1 aliphatic rings. The third-order valence-corrected chi connectivity index (χ3v) is 5.03. The fourth-order valence-corrected chi connectivity index (χ4v) is 3.02. The topological polar surface area (TPSA) is 35.0 Å². The van der Waals surface area contributed by atoms with Crippen LogP contribution < -0.4 is 0 Å². The molecule has 0 N–H and O–H groups in total. The first-order valence-corrected chi connectivity index (χ1v) is 7.53. The predicted molar refractivity (Wildman–Crippen MR) is 75.8 cm³/mol. The molecule has 0 radical (unpaired) electrons. The number of halogens is 2. The Labute approximate surface area is 121 Å². The molecule has 5 heteroatoms. The van der Waals surface area contributed by atoms with Crippen molar-refractivity contribution in [1.29, 1.82) is 0 Å². The van der Waals surface area contributed by atoms with Crippen LogP contribution in [0.15, 0.2) is 4.47 Å². The number of ether oxygens (including phenoxy) is 1. The molecule has 0 aliphatic heterocycles. The van der Waals surface area contributed by atoms with Gasteiger partial charge in [0.1, 0.15) is 11.3 Å². The van der Waals surface area contributed by atoms with Crippen molar-refractivity contribution in [1.82, 2.24) is 9.97 Å². The van der Waals surface area contributed by atoms with E-state index in [1.165, 1.54) is 32.1 Å². The van der Waals surface area contributed by atoms with Crippen LogP contribution in [0.5, 0.6) is 0 Å². The minimum Gasteiger partial charge on any atom is -0.373 e. The molecule has 1 atom stereocenters. The van der Waals surface area contributed by atoms with E-state index in [1.807, 2.05) is 6.92 Å². The number of rotatable bonds is 3. The summed E-state index contributed by atoms with van der Waals surface area (Å²) in [5.41, 5.74) is 0.864. The van der Waals surface area contributed by atoms with Gasteiger partial charge in [0.2, 0.25) is 0 Å². The molecule has 1 unspecified atom stereocenters. The molecule has 1 aliphatic carbocycles. The smallest absolute Gasteiger partial charge is 0.159 e. The number of methoxy groups -OCH3 is 1. The minimum atomic E-state index is -0.0328. The highest BCUT2D eigenvalue weighted by Crippen LogP contribution is 2.36. The number of nitrogens with zero attached hydrogens (tertiary/aromatic N) is 2. The number of aryl methyl sites for hydroxylation is 1. The summed E-state index contributed by atoms with van der Waals surface area (Å²) in [5.74, 6) is 1.23. The van der Waals surface area contributed by atoms with Crippen LogP contribution in [-0.2, 0) is 4.74 Å². The summed E-state index contributed by atoms with van der Waals surface area (Å²) >= 11 is 9.49. The lowest BCUT2D eigenvalue weighted by Crippen LogP contribution is -2.20. The van der Waals surface area contributed by atoms with Crippen molar-refractivity contribution in [3.05, 3.63) is 21.1 Å². The lowest BCUT2D eigenvalue weighted by Gasteiger charge is -2.28. The van der Waals surface area contributed by atoms with E-state index in [0.29, 0.717) is 11.1 Å². The first-order valence-electron chi connectivity index (χ1n) is 6.35. The highest BCUT2D eigenvalue weighted by Gasteiger charge is 2.28. The van der Waals surface area contributed by atoms with Gasteiger partial charge < -0.3 is 4.74 Å². The maximum absolute atomic E-state index is 6.11. The Kier molecular flexibility index (Phi) is 4.98. The zero-order valence-electron chi connectivity index (χ0n) is 10.7. The molecule has 0 amide bonds. The Balaban J connectivity index is 2.26. The maximum atomic E-state index is 6.11. The van der Waals surface area contributed by atoms with Crippen molar-refractivity contribution in [2.75, 3.05) is 7.11 Å². The molecule has 1 saturated carbocycles.